The van der Waals surface area contributed by atoms with E-state index < -0.39 is 15.9 Å². The van der Waals surface area contributed by atoms with Crippen LogP contribution in [0.3, 0.4) is 0 Å². The molecule has 220 valence electrons. The molecule has 0 atom stereocenters. The summed E-state index contributed by atoms with van der Waals surface area (Å²) in [5.41, 5.74) is 2.28. The van der Waals surface area contributed by atoms with Gasteiger partial charge in [0.2, 0.25) is 15.9 Å². The maximum atomic E-state index is 13.4. The molecule has 3 N–H and O–H groups in total. The van der Waals surface area contributed by atoms with Gasteiger partial charge in [-0.3, -0.25) is 9.52 Å². The zero-order valence-corrected chi connectivity index (χ0v) is 25.3. The molecule has 10 nitrogen and oxygen atoms in total. The molecule has 1 aliphatic heterocycles. The minimum Gasteiger partial charge on any atom is -0.492 e. The topological polar surface area (TPSA) is 132 Å². The smallest absolute Gasteiger partial charge is 0.255 e. The lowest BCUT2D eigenvalue weighted by atomic mass is 9.86. The lowest BCUT2D eigenvalue weighted by Crippen LogP contribution is -2.29. The number of anilines is 2. The molecule has 2 aromatic carbocycles. The maximum absolute atomic E-state index is 13.4. The molecule has 3 aromatic rings. The van der Waals surface area contributed by atoms with E-state index in [0.717, 1.165) is 55.6 Å². The Balaban J connectivity index is 1.58. The molecule has 0 unspecified atom stereocenters. The Morgan fingerprint density at radius 2 is 1.80 bits per heavy atom. The zero-order chi connectivity index (χ0) is 29.8. The minimum absolute atomic E-state index is 0.211. The number of methoxy groups -OCH3 is 1. The van der Waals surface area contributed by atoms with Gasteiger partial charge in [0.15, 0.2) is 5.75 Å². The molecule has 0 bridgehead atoms. The Hall–Kier alpha value is -3.70. The highest BCUT2D eigenvalue weighted by Crippen LogP contribution is 2.39. The molecule has 1 amide bonds. The van der Waals surface area contributed by atoms with Crippen LogP contribution >= 0.6 is 0 Å². The summed E-state index contributed by atoms with van der Waals surface area (Å²) in [6, 6.07) is 10.4. The highest BCUT2D eigenvalue weighted by Gasteiger charge is 2.23. The number of benzene rings is 2. The van der Waals surface area contributed by atoms with Crippen LogP contribution in [0.4, 0.5) is 11.4 Å². The predicted molar refractivity (Wildman–Crippen MR) is 161 cm³/mol. The standard InChI is InChI=1S/C30H39N5O5S/c1-19-7-8-21(16-25(19)40-27-11-14-32-26(34-27)15-20-9-12-31-13-10-20)29(36)33-23-17-22(30(2,3)4)18-24(28(23)39-5)35-41(6,37)38/h7-8,11,14,16-18,20,31,35H,9-10,12-13,15H2,1-6H3,(H,33,36). The summed E-state index contributed by atoms with van der Waals surface area (Å²) in [6.45, 7) is 9.91. The summed E-state index contributed by atoms with van der Waals surface area (Å²) in [7, 11) is -2.17. The second kappa shape index (κ2) is 12.4. The monoisotopic (exact) mass is 581 g/mol. The van der Waals surface area contributed by atoms with Gasteiger partial charge in [0, 0.05) is 24.2 Å². The van der Waals surface area contributed by atoms with Gasteiger partial charge >= 0.3 is 0 Å². The van der Waals surface area contributed by atoms with Crippen molar-refractivity contribution in [3.8, 4) is 17.4 Å². The van der Waals surface area contributed by atoms with Gasteiger partial charge in [-0.2, -0.15) is 4.98 Å². The Morgan fingerprint density at radius 1 is 1.10 bits per heavy atom. The lowest BCUT2D eigenvalue weighted by Gasteiger charge is -2.24. The van der Waals surface area contributed by atoms with E-state index >= 15 is 0 Å². The third-order valence-electron chi connectivity index (χ3n) is 6.98. The molecule has 2 heterocycles. The number of aromatic nitrogens is 2. The van der Waals surface area contributed by atoms with Gasteiger partial charge in [0.25, 0.3) is 5.91 Å². The largest absolute Gasteiger partial charge is 0.492 e. The second-order valence-corrected chi connectivity index (χ2v) is 13.2. The molecule has 0 spiro atoms. The van der Waals surface area contributed by atoms with Crippen molar-refractivity contribution >= 4 is 27.3 Å². The molecule has 1 saturated heterocycles. The molecular weight excluding hydrogens is 542 g/mol. The van der Waals surface area contributed by atoms with E-state index in [1.807, 2.05) is 27.7 Å². The lowest BCUT2D eigenvalue weighted by molar-refractivity contribution is 0.102. The first-order valence-electron chi connectivity index (χ1n) is 13.6. The predicted octanol–water partition coefficient (Wildman–Crippen LogP) is 5.05. The average Bonchev–Trinajstić information content (AvgIpc) is 2.89. The highest BCUT2D eigenvalue weighted by atomic mass is 32.2. The highest BCUT2D eigenvalue weighted by molar-refractivity contribution is 7.92. The molecule has 1 aromatic heterocycles. The van der Waals surface area contributed by atoms with Crippen LogP contribution in [0.2, 0.25) is 0 Å². The van der Waals surface area contributed by atoms with Crippen molar-refractivity contribution in [2.75, 3.05) is 36.5 Å². The Bertz CT molecular complexity index is 1510. The third kappa shape index (κ3) is 8.17. The summed E-state index contributed by atoms with van der Waals surface area (Å²) < 4.78 is 38.2. The number of carbonyl (C=O) groups is 1. The number of nitrogens with one attached hydrogen (secondary N) is 3. The first-order chi connectivity index (χ1) is 19.3. The maximum Gasteiger partial charge on any atom is 0.255 e. The van der Waals surface area contributed by atoms with Crippen molar-refractivity contribution in [3.05, 3.63) is 65.1 Å². The van der Waals surface area contributed by atoms with E-state index in [9.17, 15) is 13.2 Å². The third-order valence-corrected chi connectivity index (χ3v) is 7.57. The van der Waals surface area contributed by atoms with E-state index in [4.69, 9.17) is 9.47 Å². The first kappa shape index (κ1) is 30.3. The minimum atomic E-state index is -3.59. The van der Waals surface area contributed by atoms with Crippen molar-refractivity contribution in [3.63, 3.8) is 0 Å². The molecule has 0 aliphatic carbocycles. The Morgan fingerprint density at radius 3 is 2.46 bits per heavy atom. The number of carbonyl (C=O) groups excluding carboxylic acids is 1. The molecule has 1 fully saturated rings. The number of rotatable bonds is 9. The van der Waals surface area contributed by atoms with Crippen LogP contribution in [0, 0.1) is 12.8 Å². The number of hydrogen-bond donors (Lipinski definition) is 3. The van der Waals surface area contributed by atoms with Crippen LogP contribution < -0.4 is 24.8 Å². The van der Waals surface area contributed by atoms with Gasteiger partial charge in [-0.1, -0.05) is 26.8 Å². The fraction of sp³-hybridized carbons (Fsp3) is 0.433. The van der Waals surface area contributed by atoms with E-state index in [2.05, 4.69) is 25.3 Å². The fourth-order valence-electron chi connectivity index (χ4n) is 4.69. The first-order valence-corrected chi connectivity index (χ1v) is 15.5. The van der Waals surface area contributed by atoms with Gasteiger partial charge in [-0.05, 0) is 79.6 Å². The summed E-state index contributed by atoms with van der Waals surface area (Å²) in [5, 5.41) is 6.27. The van der Waals surface area contributed by atoms with Gasteiger partial charge in [0.1, 0.15) is 11.6 Å². The molecule has 0 radical (unpaired) electrons. The normalized spacial score (nSPS) is 14.4. The quantitative estimate of drug-likeness (QED) is 0.320. The average molecular weight is 582 g/mol. The summed E-state index contributed by atoms with van der Waals surface area (Å²) >= 11 is 0. The van der Waals surface area contributed by atoms with Crippen LogP contribution in [0.25, 0.3) is 0 Å². The number of ether oxygens (including phenoxy) is 2. The van der Waals surface area contributed by atoms with Crippen molar-refractivity contribution < 1.29 is 22.7 Å². The van der Waals surface area contributed by atoms with Gasteiger partial charge in [0.05, 0.1) is 24.7 Å². The van der Waals surface area contributed by atoms with Gasteiger partial charge in [-0.15, -0.1) is 0 Å². The summed E-state index contributed by atoms with van der Waals surface area (Å²) in [4.78, 5) is 22.5. The number of sulfonamides is 1. The molecule has 4 rings (SSSR count). The number of aryl methyl sites for hydroxylation is 1. The van der Waals surface area contributed by atoms with Crippen LogP contribution in [-0.4, -0.2) is 50.7 Å². The molecule has 41 heavy (non-hydrogen) atoms. The van der Waals surface area contributed by atoms with Crippen molar-refractivity contribution in [2.45, 2.75) is 52.4 Å². The zero-order valence-electron chi connectivity index (χ0n) is 24.5. The van der Waals surface area contributed by atoms with E-state index in [-0.39, 0.29) is 16.9 Å². The molecule has 0 saturated carbocycles. The van der Waals surface area contributed by atoms with E-state index in [0.29, 0.717) is 28.8 Å². The number of hydrogen-bond acceptors (Lipinski definition) is 8. The molecular formula is C30H39N5O5S. The number of piperidine rings is 1. The van der Waals surface area contributed by atoms with Gasteiger partial charge in [-0.25, -0.2) is 13.4 Å². The summed E-state index contributed by atoms with van der Waals surface area (Å²) in [5.74, 6) is 2.01. The van der Waals surface area contributed by atoms with Gasteiger partial charge < -0.3 is 20.1 Å². The van der Waals surface area contributed by atoms with Crippen LogP contribution in [0.1, 0.15) is 60.9 Å². The number of amides is 1. The Labute approximate surface area is 242 Å². The van der Waals surface area contributed by atoms with E-state index in [1.165, 1.54) is 7.11 Å². The SMILES string of the molecule is COc1c(NC(=O)c2ccc(C)c(Oc3ccnc(CC4CCNCC4)n3)c2)cc(C(C)(C)C)cc1NS(C)(=O)=O. The van der Waals surface area contributed by atoms with Crippen molar-refractivity contribution in [2.24, 2.45) is 5.92 Å². The van der Waals surface area contributed by atoms with Crippen molar-refractivity contribution in [1.82, 2.24) is 15.3 Å². The van der Waals surface area contributed by atoms with Crippen LogP contribution in [-0.2, 0) is 21.9 Å². The van der Waals surface area contributed by atoms with E-state index in [1.54, 1.807) is 42.6 Å². The fourth-order valence-corrected chi connectivity index (χ4v) is 5.24. The summed E-state index contributed by atoms with van der Waals surface area (Å²) in [6.07, 6.45) is 5.75. The number of nitrogens with zero attached hydrogens (tertiary/aromatic N) is 2. The van der Waals surface area contributed by atoms with Crippen LogP contribution in [0.15, 0.2) is 42.6 Å². The van der Waals surface area contributed by atoms with Crippen LogP contribution in [0.5, 0.6) is 17.4 Å². The van der Waals surface area contributed by atoms with Crippen molar-refractivity contribution in [1.29, 1.82) is 0 Å². The molecule has 11 heteroatoms. The Kier molecular flexibility index (Phi) is 9.18. The second-order valence-electron chi connectivity index (χ2n) is 11.5. The molecule has 1 aliphatic rings.